The Balaban J connectivity index is 1.61. The fourth-order valence-electron chi connectivity index (χ4n) is 3.10. The van der Waals surface area contributed by atoms with Crippen molar-refractivity contribution >= 4 is 0 Å². The molecular formula is C18H29NO2. The molecule has 1 heterocycles. The van der Waals surface area contributed by atoms with Crippen molar-refractivity contribution in [1.29, 1.82) is 0 Å². The first-order valence-corrected chi connectivity index (χ1v) is 8.18. The molecule has 0 aromatic heterocycles. The highest BCUT2D eigenvalue weighted by Gasteiger charge is 2.11. The van der Waals surface area contributed by atoms with Crippen molar-refractivity contribution in [1.82, 2.24) is 5.32 Å². The van der Waals surface area contributed by atoms with Gasteiger partial charge in [0, 0.05) is 12.6 Å². The van der Waals surface area contributed by atoms with Gasteiger partial charge in [0.1, 0.15) is 12.4 Å². The molecule has 1 aliphatic rings. The highest BCUT2D eigenvalue weighted by Crippen LogP contribution is 2.24. The Kier molecular flexibility index (Phi) is 6.52. The van der Waals surface area contributed by atoms with Gasteiger partial charge in [-0.05, 0) is 57.7 Å². The maximum atomic E-state index is 5.87. The van der Waals surface area contributed by atoms with Crippen molar-refractivity contribution in [2.24, 2.45) is 0 Å². The van der Waals surface area contributed by atoms with Crippen LogP contribution in [0.15, 0.2) is 12.1 Å². The molecule has 1 atom stereocenters. The lowest BCUT2D eigenvalue weighted by atomic mass is 10.0. The number of ether oxygens (including phenoxy) is 2. The van der Waals surface area contributed by atoms with E-state index in [1.54, 1.807) is 0 Å². The molecule has 0 aliphatic carbocycles. The number of hydrogen-bond donors (Lipinski definition) is 1. The van der Waals surface area contributed by atoms with Crippen LogP contribution in [0.25, 0.3) is 0 Å². The Morgan fingerprint density at radius 2 is 1.81 bits per heavy atom. The number of piperidine rings is 1. The summed E-state index contributed by atoms with van der Waals surface area (Å²) in [6, 6.07) is 4.98. The summed E-state index contributed by atoms with van der Waals surface area (Å²) >= 11 is 0. The number of rotatable bonds is 7. The Labute approximate surface area is 129 Å². The van der Waals surface area contributed by atoms with Gasteiger partial charge in [-0.2, -0.15) is 0 Å². The van der Waals surface area contributed by atoms with Gasteiger partial charge >= 0.3 is 0 Å². The maximum absolute atomic E-state index is 5.87. The second-order valence-corrected chi connectivity index (χ2v) is 6.12. The Morgan fingerprint density at radius 1 is 1.05 bits per heavy atom. The van der Waals surface area contributed by atoms with Gasteiger partial charge in [-0.3, -0.25) is 0 Å². The third-order valence-corrected chi connectivity index (χ3v) is 4.10. The first-order chi connectivity index (χ1) is 10.2. The third kappa shape index (κ3) is 5.33. The second-order valence-electron chi connectivity index (χ2n) is 6.12. The van der Waals surface area contributed by atoms with Gasteiger partial charge in [0.15, 0.2) is 0 Å². The molecule has 2 rings (SSSR count). The van der Waals surface area contributed by atoms with E-state index < -0.39 is 0 Å². The fraction of sp³-hybridized carbons (Fsp3) is 0.667. The Morgan fingerprint density at radius 3 is 2.48 bits per heavy atom. The molecule has 1 aromatic rings. The average Bonchev–Trinajstić information content (AvgIpc) is 2.45. The van der Waals surface area contributed by atoms with Crippen LogP contribution in [0.3, 0.4) is 0 Å². The Bertz CT molecular complexity index is 416. The summed E-state index contributed by atoms with van der Waals surface area (Å²) in [5.74, 6) is 1.01. The number of aryl methyl sites for hydroxylation is 3. The predicted molar refractivity (Wildman–Crippen MR) is 87.2 cm³/mol. The summed E-state index contributed by atoms with van der Waals surface area (Å²) in [7, 11) is 0. The third-order valence-electron chi connectivity index (χ3n) is 4.10. The van der Waals surface area contributed by atoms with Gasteiger partial charge in [0.25, 0.3) is 0 Å². The summed E-state index contributed by atoms with van der Waals surface area (Å²) < 4.78 is 11.6. The molecule has 1 N–H and O–H groups in total. The lowest BCUT2D eigenvalue weighted by Crippen LogP contribution is -2.34. The molecule has 3 nitrogen and oxygen atoms in total. The molecule has 0 bridgehead atoms. The molecule has 0 radical (unpaired) electrons. The second kappa shape index (κ2) is 8.40. The molecule has 21 heavy (non-hydrogen) atoms. The van der Waals surface area contributed by atoms with Gasteiger partial charge in [-0.25, -0.2) is 0 Å². The number of hydrogen-bond acceptors (Lipinski definition) is 3. The summed E-state index contributed by atoms with van der Waals surface area (Å²) in [5.41, 5.74) is 3.70. The SMILES string of the molecule is Cc1cc(C)c(OCCOCCC2CCCCN2)c(C)c1. The van der Waals surface area contributed by atoms with Gasteiger partial charge < -0.3 is 14.8 Å². The first kappa shape index (κ1) is 16.3. The monoisotopic (exact) mass is 291 g/mol. The van der Waals surface area contributed by atoms with E-state index in [9.17, 15) is 0 Å². The van der Waals surface area contributed by atoms with E-state index in [4.69, 9.17) is 9.47 Å². The summed E-state index contributed by atoms with van der Waals surface area (Å²) in [5, 5.41) is 3.54. The lowest BCUT2D eigenvalue weighted by Gasteiger charge is -2.23. The molecule has 0 amide bonds. The zero-order valence-corrected chi connectivity index (χ0v) is 13.7. The van der Waals surface area contributed by atoms with Crippen molar-refractivity contribution < 1.29 is 9.47 Å². The van der Waals surface area contributed by atoms with Crippen LogP contribution in [0.2, 0.25) is 0 Å². The number of nitrogens with one attached hydrogen (secondary N) is 1. The van der Waals surface area contributed by atoms with Crippen LogP contribution in [-0.2, 0) is 4.74 Å². The standard InChI is InChI=1S/C18H29NO2/c1-14-12-15(2)18(16(3)13-14)21-11-10-20-9-7-17-6-4-5-8-19-17/h12-13,17,19H,4-11H2,1-3H3. The minimum Gasteiger partial charge on any atom is -0.491 e. The molecule has 118 valence electrons. The molecule has 1 fully saturated rings. The highest BCUT2D eigenvalue weighted by molar-refractivity contribution is 5.42. The largest absolute Gasteiger partial charge is 0.491 e. The minimum atomic E-state index is 0.628. The quantitative estimate of drug-likeness (QED) is 0.779. The molecular weight excluding hydrogens is 262 g/mol. The number of benzene rings is 1. The van der Waals surface area contributed by atoms with Crippen LogP contribution >= 0.6 is 0 Å². The van der Waals surface area contributed by atoms with Gasteiger partial charge in [-0.15, -0.1) is 0 Å². The van der Waals surface area contributed by atoms with E-state index >= 15 is 0 Å². The van der Waals surface area contributed by atoms with Gasteiger partial charge in [-0.1, -0.05) is 24.1 Å². The van der Waals surface area contributed by atoms with Crippen molar-refractivity contribution in [3.8, 4) is 5.75 Å². The molecule has 1 unspecified atom stereocenters. The predicted octanol–water partition coefficient (Wildman–Crippen LogP) is 3.54. The first-order valence-electron chi connectivity index (χ1n) is 8.18. The van der Waals surface area contributed by atoms with Crippen molar-refractivity contribution in [2.75, 3.05) is 26.4 Å². The van der Waals surface area contributed by atoms with Gasteiger partial charge in [0.05, 0.1) is 6.61 Å². The van der Waals surface area contributed by atoms with E-state index in [-0.39, 0.29) is 0 Å². The summed E-state index contributed by atoms with van der Waals surface area (Å²) in [6.07, 6.45) is 5.08. The topological polar surface area (TPSA) is 30.5 Å². The molecule has 1 saturated heterocycles. The minimum absolute atomic E-state index is 0.628. The summed E-state index contributed by atoms with van der Waals surface area (Å²) in [4.78, 5) is 0. The van der Waals surface area contributed by atoms with E-state index in [1.165, 1.54) is 42.5 Å². The normalized spacial score (nSPS) is 18.7. The van der Waals surface area contributed by atoms with E-state index in [1.807, 2.05) is 0 Å². The van der Waals surface area contributed by atoms with Crippen LogP contribution in [0.5, 0.6) is 5.75 Å². The summed E-state index contributed by atoms with van der Waals surface area (Å²) in [6.45, 7) is 9.61. The van der Waals surface area contributed by atoms with E-state index in [0.29, 0.717) is 19.3 Å². The molecule has 0 spiro atoms. The van der Waals surface area contributed by atoms with E-state index in [2.05, 4.69) is 38.2 Å². The van der Waals surface area contributed by atoms with Gasteiger partial charge in [0.2, 0.25) is 0 Å². The molecule has 1 aromatic carbocycles. The Hall–Kier alpha value is -1.06. The van der Waals surface area contributed by atoms with Crippen molar-refractivity contribution in [3.05, 3.63) is 28.8 Å². The lowest BCUT2D eigenvalue weighted by molar-refractivity contribution is 0.0907. The fourth-order valence-corrected chi connectivity index (χ4v) is 3.10. The zero-order valence-electron chi connectivity index (χ0n) is 13.7. The van der Waals surface area contributed by atoms with Crippen LogP contribution in [-0.4, -0.2) is 32.4 Å². The highest BCUT2D eigenvalue weighted by atomic mass is 16.5. The van der Waals surface area contributed by atoms with Crippen molar-refractivity contribution in [2.45, 2.75) is 52.5 Å². The smallest absolute Gasteiger partial charge is 0.125 e. The zero-order chi connectivity index (χ0) is 15.1. The molecule has 0 saturated carbocycles. The van der Waals surface area contributed by atoms with E-state index in [0.717, 1.165) is 18.8 Å². The van der Waals surface area contributed by atoms with Crippen molar-refractivity contribution in [3.63, 3.8) is 0 Å². The molecule has 3 heteroatoms. The van der Waals surface area contributed by atoms with Crippen LogP contribution in [0.1, 0.15) is 42.4 Å². The van der Waals surface area contributed by atoms with Crippen LogP contribution in [0.4, 0.5) is 0 Å². The maximum Gasteiger partial charge on any atom is 0.125 e. The van der Waals surface area contributed by atoms with Crippen LogP contribution in [0, 0.1) is 20.8 Å². The molecule has 1 aliphatic heterocycles. The van der Waals surface area contributed by atoms with Crippen LogP contribution < -0.4 is 10.1 Å². The average molecular weight is 291 g/mol.